The van der Waals surface area contributed by atoms with Gasteiger partial charge in [-0.3, -0.25) is 14.4 Å². The Morgan fingerprint density at radius 3 is 2.68 bits per heavy atom. The van der Waals surface area contributed by atoms with Gasteiger partial charge < -0.3 is 19.6 Å². The average Bonchev–Trinajstić information content (AvgIpc) is 3.23. The van der Waals surface area contributed by atoms with E-state index >= 15 is 0 Å². The highest BCUT2D eigenvalue weighted by molar-refractivity contribution is 8.02. The van der Waals surface area contributed by atoms with Crippen molar-refractivity contribution in [3.63, 3.8) is 0 Å². The summed E-state index contributed by atoms with van der Waals surface area (Å²) < 4.78 is 4.63. The van der Waals surface area contributed by atoms with Gasteiger partial charge in [0.1, 0.15) is 6.04 Å². The molecule has 1 spiro atoms. The molecule has 4 aliphatic heterocycles. The highest BCUT2D eigenvalue weighted by Gasteiger charge is 2.71. The maximum atomic E-state index is 14.6. The van der Waals surface area contributed by atoms with Crippen LogP contribution < -0.4 is 4.90 Å². The molecule has 2 fully saturated rings. The monoisotopic (exact) mass is 524 g/mol. The van der Waals surface area contributed by atoms with E-state index in [1.807, 2.05) is 70.2 Å². The lowest BCUT2D eigenvalue weighted by Crippen LogP contribution is -2.57. The van der Waals surface area contributed by atoms with E-state index in [4.69, 9.17) is 4.74 Å². The maximum Gasteiger partial charge on any atom is 0.311 e. The number of aliphatic hydroxyl groups is 1. The van der Waals surface area contributed by atoms with Gasteiger partial charge in [-0.1, -0.05) is 50.3 Å². The Hall–Kier alpha value is -2.58. The number of hydrogen-bond acceptors (Lipinski definition) is 6. The van der Waals surface area contributed by atoms with E-state index < -0.39 is 28.7 Å². The first-order valence-electron chi connectivity index (χ1n) is 13.2. The number of hydrogen-bond donors (Lipinski definition) is 1. The molecule has 0 bridgehead atoms. The van der Waals surface area contributed by atoms with Crippen LogP contribution in [-0.4, -0.2) is 69.6 Å². The van der Waals surface area contributed by atoms with E-state index in [2.05, 4.69) is 0 Å². The number of thioether (sulfide) groups is 1. The van der Waals surface area contributed by atoms with Crippen molar-refractivity contribution < 1.29 is 24.2 Å². The van der Waals surface area contributed by atoms with E-state index in [-0.39, 0.29) is 42.2 Å². The Morgan fingerprint density at radius 1 is 1.16 bits per heavy atom. The summed E-state index contributed by atoms with van der Waals surface area (Å²) in [6.07, 6.45) is 9.19. The van der Waals surface area contributed by atoms with Gasteiger partial charge in [0.05, 0.1) is 35.8 Å². The zero-order valence-corrected chi connectivity index (χ0v) is 22.7. The van der Waals surface area contributed by atoms with Crippen molar-refractivity contribution in [2.24, 2.45) is 17.8 Å². The summed E-state index contributed by atoms with van der Waals surface area (Å²) in [5, 5.41) is 10.2. The molecule has 6 atom stereocenters. The number of cyclic esters (lactones) is 1. The minimum Gasteiger partial charge on any atom is -0.465 e. The topological polar surface area (TPSA) is 87.2 Å². The minimum atomic E-state index is -0.923. The van der Waals surface area contributed by atoms with Crippen LogP contribution in [0.1, 0.15) is 37.8 Å². The molecule has 7 nitrogen and oxygen atoms in total. The molecule has 37 heavy (non-hydrogen) atoms. The summed E-state index contributed by atoms with van der Waals surface area (Å²) in [4.78, 5) is 45.5. The molecule has 0 aromatic heterocycles. The Morgan fingerprint density at radius 2 is 1.95 bits per heavy atom. The van der Waals surface area contributed by atoms with Crippen molar-refractivity contribution in [1.82, 2.24) is 4.90 Å². The van der Waals surface area contributed by atoms with Gasteiger partial charge >= 0.3 is 5.97 Å². The maximum absolute atomic E-state index is 14.6. The van der Waals surface area contributed by atoms with Crippen molar-refractivity contribution >= 4 is 35.2 Å². The highest BCUT2D eigenvalue weighted by atomic mass is 32.2. The lowest BCUT2D eigenvalue weighted by molar-refractivity contribution is -0.153. The summed E-state index contributed by atoms with van der Waals surface area (Å²) in [5.41, 5.74) is 2.84. The van der Waals surface area contributed by atoms with Gasteiger partial charge in [-0.05, 0) is 49.8 Å². The number of nitrogens with zero attached hydrogens (tertiary/aromatic N) is 2. The first-order chi connectivity index (χ1) is 17.7. The molecule has 1 aromatic carbocycles. The van der Waals surface area contributed by atoms with Crippen LogP contribution in [-0.2, 0) is 19.1 Å². The van der Waals surface area contributed by atoms with E-state index in [0.717, 1.165) is 16.8 Å². The Labute approximate surface area is 222 Å². The molecular formula is C29H36N2O5S. The van der Waals surface area contributed by atoms with Gasteiger partial charge in [-0.2, -0.15) is 0 Å². The Bertz CT molecular complexity index is 1160. The third kappa shape index (κ3) is 4.22. The number of anilines is 1. The van der Waals surface area contributed by atoms with Crippen LogP contribution in [0.3, 0.4) is 0 Å². The quantitative estimate of drug-likeness (QED) is 0.469. The molecule has 4 aliphatic rings. The smallest absolute Gasteiger partial charge is 0.311 e. The van der Waals surface area contributed by atoms with Gasteiger partial charge in [0.15, 0.2) is 0 Å². The molecular weight excluding hydrogens is 488 g/mol. The van der Waals surface area contributed by atoms with Crippen molar-refractivity contribution in [1.29, 1.82) is 0 Å². The van der Waals surface area contributed by atoms with Crippen molar-refractivity contribution in [2.45, 2.75) is 62.6 Å². The summed E-state index contributed by atoms with van der Waals surface area (Å²) >= 11 is 1.53. The number of aliphatic hydroxyl groups excluding tert-OH is 1. The normalized spacial score (nSPS) is 32.0. The number of amides is 2. The average molecular weight is 525 g/mol. The Kier molecular flexibility index (Phi) is 7.00. The summed E-state index contributed by atoms with van der Waals surface area (Å²) in [6, 6.07) is 4.68. The van der Waals surface area contributed by atoms with Crippen LogP contribution >= 0.6 is 11.8 Å². The molecule has 0 aliphatic carbocycles. The number of likely N-dealkylation sites (tertiary alicyclic amines) is 1. The Balaban J connectivity index is 1.67. The molecule has 4 heterocycles. The summed E-state index contributed by atoms with van der Waals surface area (Å²) in [5.74, 6) is -1.99. The SMILES string of the molecule is Cc1ccc(C)c(N2CC=C[C@]34S[C@@H]5C=CCCOC(=O)[C@@H]5[C@H]3C(=O)N([C@@H](CO)CC(C)C)C4C2=O)c1. The second-order valence-corrected chi connectivity index (χ2v) is 12.6. The van der Waals surface area contributed by atoms with Gasteiger partial charge in [0.25, 0.3) is 5.91 Å². The molecule has 0 radical (unpaired) electrons. The third-order valence-corrected chi connectivity index (χ3v) is 9.81. The number of fused-ring (bicyclic) bond motifs is 2. The van der Waals surface area contributed by atoms with Crippen LogP contribution in [0, 0.1) is 31.6 Å². The fourth-order valence-corrected chi connectivity index (χ4v) is 8.47. The van der Waals surface area contributed by atoms with Crippen LogP contribution in [0.25, 0.3) is 0 Å². The lowest BCUT2D eigenvalue weighted by atomic mass is 9.78. The van der Waals surface area contributed by atoms with Crippen LogP contribution in [0.15, 0.2) is 42.5 Å². The molecule has 0 saturated carbocycles. The van der Waals surface area contributed by atoms with Gasteiger partial charge in [0.2, 0.25) is 5.91 Å². The van der Waals surface area contributed by atoms with E-state index in [1.54, 1.807) is 9.80 Å². The van der Waals surface area contributed by atoms with Crippen LogP contribution in [0.4, 0.5) is 5.69 Å². The minimum absolute atomic E-state index is 0.170. The molecule has 5 rings (SSSR count). The fraction of sp³-hybridized carbons (Fsp3) is 0.552. The van der Waals surface area contributed by atoms with Crippen molar-refractivity contribution in [2.75, 3.05) is 24.7 Å². The van der Waals surface area contributed by atoms with Gasteiger partial charge in [-0.25, -0.2) is 0 Å². The zero-order valence-electron chi connectivity index (χ0n) is 21.9. The highest BCUT2D eigenvalue weighted by Crippen LogP contribution is 2.61. The molecule has 1 unspecified atom stereocenters. The van der Waals surface area contributed by atoms with Crippen LogP contribution in [0.2, 0.25) is 0 Å². The third-order valence-electron chi connectivity index (χ3n) is 8.06. The zero-order chi connectivity index (χ0) is 26.5. The predicted molar refractivity (Wildman–Crippen MR) is 144 cm³/mol. The first kappa shape index (κ1) is 26.0. The molecule has 1 N–H and O–H groups in total. The predicted octanol–water partition coefficient (Wildman–Crippen LogP) is 3.41. The van der Waals surface area contributed by atoms with E-state index in [9.17, 15) is 19.5 Å². The number of ether oxygens (including phenoxy) is 1. The van der Waals surface area contributed by atoms with Crippen LogP contribution in [0.5, 0.6) is 0 Å². The second-order valence-electron chi connectivity index (χ2n) is 11.1. The van der Waals surface area contributed by atoms with Gasteiger partial charge in [0, 0.05) is 17.5 Å². The van der Waals surface area contributed by atoms with Gasteiger partial charge in [-0.15, -0.1) is 11.8 Å². The summed E-state index contributed by atoms with van der Waals surface area (Å²) in [7, 11) is 0. The number of carbonyl (C=O) groups is 3. The fourth-order valence-electron chi connectivity index (χ4n) is 6.49. The number of benzene rings is 1. The molecule has 2 amide bonds. The van der Waals surface area contributed by atoms with Crippen molar-refractivity contribution in [3.8, 4) is 0 Å². The van der Waals surface area contributed by atoms with E-state index in [0.29, 0.717) is 19.4 Å². The molecule has 1 aromatic rings. The lowest BCUT2D eigenvalue weighted by Gasteiger charge is -2.39. The standard InChI is InChI=1S/C29H36N2O5S/c1-17(2)14-20(16-32)31-25-27(34)30(21-15-18(3)9-10-19(21)4)12-7-11-29(25)24(26(31)33)23-22(37-29)8-5-6-13-36-28(23)35/h5,7-11,15,17,20,22-25,32H,6,12-14,16H2,1-4H3/t20-,22-,23+,24+,25?,29+/m1/s1. The summed E-state index contributed by atoms with van der Waals surface area (Å²) in [6.45, 7) is 8.47. The number of esters is 1. The molecule has 2 saturated heterocycles. The number of rotatable bonds is 5. The number of aryl methyl sites for hydroxylation is 2. The molecule has 198 valence electrons. The second kappa shape index (κ2) is 9.95. The first-order valence-corrected chi connectivity index (χ1v) is 14.1. The largest absolute Gasteiger partial charge is 0.465 e. The van der Waals surface area contributed by atoms with Crippen molar-refractivity contribution in [3.05, 3.63) is 53.6 Å². The number of carbonyl (C=O) groups excluding carboxylic acids is 3. The van der Waals surface area contributed by atoms with E-state index in [1.165, 1.54) is 11.8 Å². The molecule has 8 heteroatoms.